The maximum atomic E-state index is 14.1. The van der Waals surface area contributed by atoms with Gasteiger partial charge in [0.1, 0.15) is 11.8 Å². The van der Waals surface area contributed by atoms with Crippen molar-refractivity contribution in [2.24, 2.45) is 0 Å². The summed E-state index contributed by atoms with van der Waals surface area (Å²) < 4.78 is 0. The molecule has 0 spiro atoms. The fourth-order valence-corrected chi connectivity index (χ4v) is 4.92. The average molecular weight is 545 g/mol. The number of phenolic OH excluding ortho intramolecular Hbond substituents is 1. The van der Waals surface area contributed by atoms with Gasteiger partial charge in [0.05, 0.1) is 27.2 Å². The highest BCUT2D eigenvalue weighted by Crippen LogP contribution is 2.43. The topological polar surface area (TPSA) is 118 Å². The van der Waals surface area contributed by atoms with E-state index < -0.39 is 35.5 Å². The summed E-state index contributed by atoms with van der Waals surface area (Å²) in [6.07, 6.45) is 3.64. The summed E-state index contributed by atoms with van der Waals surface area (Å²) >= 11 is 12.2. The van der Waals surface area contributed by atoms with Crippen molar-refractivity contribution >= 4 is 41.0 Å². The second-order valence-corrected chi connectivity index (χ2v) is 9.35. The van der Waals surface area contributed by atoms with Crippen LogP contribution in [0.4, 0.5) is 0 Å². The largest absolute Gasteiger partial charge is 0.508 e. The number of rotatable bonds is 9. The van der Waals surface area contributed by atoms with Crippen LogP contribution < -0.4 is 0 Å². The molecule has 10 heteroatoms. The molecule has 1 aliphatic rings. The van der Waals surface area contributed by atoms with E-state index >= 15 is 0 Å². The SMILES string of the molecule is C=CCC1=C(N(C)CC=C)C(c2cccc(O)c2)N(C(=O)c2cc(Cl)c(Cl)cc2C(=O)O)C(C(=O)O)C1. The molecule has 1 amide bonds. The van der Waals surface area contributed by atoms with Crippen LogP contribution in [0, 0.1) is 0 Å². The normalized spacial score (nSPS) is 17.3. The van der Waals surface area contributed by atoms with Gasteiger partial charge in [-0.25, -0.2) is 9.59 Å². The average Bonchev–Trinajstić information content (AvgIpc) is 2.84. The Kier molecular flexibility index (Phi) is 8.68. The van der Waals surface area contributed by atoms with Crippen molar-refractivity contribution in [1.29, 1.82) is 0 Å². The van der Waals surface area contributed by atoms with Crippen molar-refractivity contribution in [3.05, 3.63) is 99.7 Å². The Balaban J connectivity index is 2.38. The Morgan fingerprint density at radius 2 is 1.73 bits per heavy atom. The third-order valence-corrected chi connectivity index (χ3v) is 6.83. The first-order valence-electron chi connectivity index (χ1n) is 11.2. The van der Waals surface area contributed by atoms with Gasteiger partial charge in [0.2, 0.25) is 0 Å². The maximum Gasteiger partial charge on any atom is 0.336 e. The lowest BCUT2D eigenvalue weighted by Crippen LogP contribution is -2.52. The number of phenols is 1. The summed E-state index contributed by atoms with van der Waals surface area (Å²) in [5.41, 5.74) is 1.06. The van der Waals surface area contributed by atoms with Gasteiger partial charge in [-0.1, -0.05) is 47.5 Å². The lowest BCUT2D eigenvalue weighted by Gasteiger charge is -2.45. The lowest BCUT2D eigenvalue weighted by molar-refractivity contribution is -0.143. The van der Waals surface area contributed by atoms with Crippen LogP contribution in [-0.2, 0) is 4.79 Å². The molecule has 2 atom stereocenters. The molecule has 3 N–H and O–H groups in total. The highest BCUT2D eigenvalue weighted by molar-refractivity contribution is 6.42. The Labute approximate surface area is 224 Å². The molecule has 8 nitrogen and oxygen atoms in total. The lowest BCUT2D eigenvalue weighted by atomic mass is 9.85. The molecule has 2 aromatic carbocycles. The van der Waals surface area contributed by atoms with E-state index in [0.717, 1.165) is 22.6 Å². The number of carboxylic acid groups (broad SMARTS) is 2. The summed E-state index contributed by atoms with van der Waals surface area (Å²) in [6, 6.07) is 5.98. The van der Waals surface area contributed by atoms with Crippen LogP contribution in [-0.4, -0.2) is 62.6 Å². The van der Waals surface area contributed by atoms with Gasteiger partial charge in [-0.2, -0.15) is 0 Å². The van der Waals surface area contributed by atoms with Gasteiger partial charge in [0.25, 0.3) is 5.91 Å². The van der Waals surface area contributed by atoms with E-state index in [-0.39, 0.29) is 27.8 Å². The molecule has 3 rings (SSSR count). The second kappa shape index (κ2) is 11.5. The van der Waals surface area contributed by atoms with E-state index in [9.17, 15) is 29.7 Å². The molecule has 0 saturated carbocycles. The van der Waals surface area contributed by atoms with Crippen LogP contribution in [0.3, 0.4) is 0 Å². The third-order valence-electron chi connectivity index (χ3n) is 6.11. The van der Waals surface area contributed by atoms with E-state index in [0.29, 0.717) is 24.2 Å². The fourth-order valence-electron chi connectivity index (χ4n) is 4.59. The number of likely N-dealkylation sites (N-methyl/N-ethyl adjacent to an activating group) is 1. The number of carbonyl (C=O) groups is 3. The fraction of sp³-hybridized carbons (Fsp3) is 0.222. The van der Waals surface area contributed by atoms with Crippen molar-refractivity contribution in [3.8, 4) is 5.75 Å². The number of allylic oxidation sites excluding steroid dienone is 1. The van der Waals surface area contributed by atoms with Crippen molar-refractivity contribution in [2.45, 2.75) is 24.9 Å². The van der Waals surface area contributed by atoms with E-state index in [4.69, 9.17) is 23.2 Å². The van der Waals surface area contributed by atoms with E-state index in [2.05, 4.69) is 13.2 Å². The number of hydrogen-bond donors (Lipinski definition) is 3. The molecule has 37 heavy (non-hydrogen) atoms. The Hall–Kier alpha value is -3.75. The van der Waals surface area contributed by atoms with Gasteiger partial charge in [-0.3, -0.25) is 4.79 Å². The minimum Gasteiger partial charge on any atom is -0.508 e. The van der Waals surface area contributed by atoms with E-state index in [1.165, 1.54) is 12.1 Å². The molecule has 194 valence electrons. The monoisotopic (exact) mass is 544 g/mol. The molecule has 0 radical (unpaired) electrons. The number of amides is 1. The zero-order valence-electron chi connectivity index (χ0n) is 20.0. The number of hydrogen-bond acceptors (Lipinski definition) is 5. The number of nitrogens with zero attached hydrogens (tertiary/aromatic N) is 2. The zero-order chi connectivity index (χ0) is 27.4. The van der Waals surface area contributed by atoms with E-state index in [1.807, 2.05) is 4.90 Å². The van der Waals surface area contributed by atoms with Gasteiger partial charge in [0, 0.05) is 25.7 Å². The molecular weight excluding hydrogens is 519 g/mol. The molecule has 0 fully saturated rings. The van der Waals surface area contributed by atoms with Crippen LogP contribution in [0.25, 0.3) is 0 Å². The van der Waals surface area contributed by atoms with Crippen molar-refractivity contribution < 1.29 is 29.7 Å². The molecule has 0 aromatic heterocycles. The second-order valence-electron chi connectivity index (χ2n) is 8.54. The molecular formula is C27H26Cl2N2O6. The van der Waals surface area contributed by atoms with Crippen LogP contribution in [0.2, 0.25) is 10.0 Å². The Morgan fingerprint density at radius 1 is 1.08 bits per heavy atom. The van der Waals surface area contributed by atoms with Gasteiger partial charge < -0.3 is 25.1 Å². The van der Waals surface area contributed by atoms with Gasteiger partial charge in [0.15, 0.2) is 0 Å². The molecule has 0 aliphatic carbocycles. The van der Waals surface area contributed by atoms with Crippen LogP contribution >= 0.6 is 23.2 Å². The quantitative estimate of drug-likeness (QED) is 0.362. The maximum absolute atomic E-state index is 14.1. The molecule has 1 heterocycles. The minimum atomic E-state index is -1.42. The standard InChI is InChI=1S/C27H26Cl2N2O6/c1-4-7-15-12-22(27(36)37)31(25(33)18-13-20(28)21(29)14-19(18)26(34)35)24(23(15)30(3)10-5-2)16-8-6-9-17(32)11-16/h4-6,8-9,11,13-14,22,24,32H,1-2,7,10,12H2,3H3,(H,34,35)(H,36,37). The first-order chi connectivity index (χ1) is 17.5. The first kappa shape index (κ1) is 27.8. The van der Waals surface area contributed by atoms with Crippen molar-refractivity contribution in [1.82, 2.24) is 9.80 Å². The number of benzene rings is 2. The Bertz CT molecular complexity index is 1310. The number of aromatic carboxylic acids is 1. The molecule has 0 saturated heterocycles. The number of aliphatic carboxylic acids is 1. The number of aromatic hydroxyl groups is 1. The summed E-state index contributed by atoms with van der Waals surface area (Å²) in [7, 11) is 1.78. The van der Waals surface area contributed by atoms with Crippen molar-refractivity contribution in [3.63, 3.8) is 0 Å². The van der Waals surface area contributed by atoms with Crippen LogP contribution in [0.5, 0.6) is 5.75 Å². The predicted molar refractivity (Wildman–Crippen MR) is 141 cm³/mol. The van der Waals surface area contributed by atoms with Crippen molar-refractivity contribution in [2.75, 3.05) is 13.6 Å². The highest BCUT2D eigenvalue weighted by atomic mass is 35.5. The Morgan fingerprint density at radius 3 is 2.27 bits per heavy atom. The smallest absolute Gasteiger partial charge is 0.336 e. The summed E-state index contributed by atoms with van der Waals surface area (Å²) in [5, 5.41) is 30.1. The highest BCUT2D eigenvalue weighted by Gasteiger charge is 2.45. The molecule has 2 unspecified atom stereocenters. The number of carbonyl (C=O) groups excluding carboxylic acids is 1. The van der Waals surface area contributed by atoms with E-state index in [1.54, 1.807) is 31.3 Å². The summed E-state index contributed by atoms with van der Waals surface area (Å²) in [6.45, 7) is 7.95. The first-order valence-corrected chi connectivity index (χ1v) is 12.0. The van der Waals surface area contributed by atoms with Crippen LogP contribution in [0.1, 0.15) is 45.2 Å². The molecule has 0 bridgehead atoms. The summed E-state index contributed by atoms with van der Waals surface area (Å²) in [4.78, 5) is 41.7. The summed E-state index contributed by atoms with van der Waals surface area (Å²) in [5.74, 6) is -3.65. The zero-order valence-corrected chi connectivity index (χ0v) is 21.5. The van der Waals surface area contributed by atoms with Crippen LogP contribution in [0.15, 0.2) is 73.0 Å². The van der Waals surface area contributed by atoms with Gasteiger partial charge in [-0.05, 0) is 41.8 Å². The number of halogens is 2. The molecule has 2 aromatic rings. The third kappa shape index (κ3) is 5.65. The predicted octanol–water partition coefficient (Wildman–Crippen LogP) is 5.39. The number of carboxylic acids is 2. The van der Waals surface area contributed by atoms with Gasteiger partial charge in [-0.15, -0.1) is 13.2 Å². The van der Waals surface area contributed by atoms with Gasteiger partial charge >= 0.3 is 11.9 Å². The molecule has 1 aliphatic heterocycles. The minimum absolute atomic E-state index is 0.0248.